The van der Waals surface area contributed by atoms with Crippen molar-refractivity contribution >= 4 is 33.3 Å². The average Bonchev–Trinajstić information content (AvgIpc) is 2.76. The second-order valence-corrected chi connectivity index (χ2v) is 7.15. The zero-order valence-corrected chi connectivity index (χ0v) is 14.3. The third-order valence-corrected chi connectivity index (χ3v) is 4.71. The fourth-order valence-electron chi connectivity index (χ4n) is 1.95. The number of rotatable bonds is 6. The number of halogens is 1. The van der Waals surface area contributed by atoms with Gasteiger partial charge in [0.25, 0.3) is 0 Å². The summed E-state index contributed by atoms with van der Waals surface area (Å²) in [6.07, 6.45) is 0.00399. The van der Waals surface area contributed by atoms with Gasteiger partial charge in [0.2, 0.25) is 15.9 Å². The summed E-state index contributed by atoms with van der Waals surface area (Å²) in [5.74, 6) is 0.256. The number of hydrogen-bond acceptors (Lipinski definition) is 4. The van der Waals surface area contributed by atoms with Crippen molar-refractivity contribution in [1.82, 2.24) is 14.5 Å². The maximum atomic E-state index is 12.1. The summed E-state index contributed by atoms with van der Waals surface area (Å²) in [4.78, 5) is 11.9. The molecule has 0 saturated carbocycles. The number of nitrogens with zero attached hydrogens (tertiary/aromatic N) is 2. The number of anilines is 1. The number of carbonyl (C=O) groups is 1. The monoisotopic (exact) mass is 356 g/mol. The number of aromatic nitrogens is 2. The first-order valence-corrected chi connectivity index (χ1v) is 8.70. The van der Waals surface area contributed by atoms with Gasteiger partial charge in [-0.3, -0.25) is 9.48 Å². The summed E-state index contributed by atoms with van der Waals surface area (Å²) in [5.41, 5.74) is 0.782. The Morgan fingerprint density at radius 1 is 1.35 bits per heavy atom. The fourth-order valence-corrected chi connectivity index (χ4v) is 3.28. The molecule has 1 aromatic carbocycles. The second-order valence-electron chi connectivity index (χ2n) is 4.95. The Kier molecular flexibility index (Phi) is 5.40. The molecule has 0 saturated heterocycles. The van der Waals surface area contributed by atoms with Gasteiger partial charge in [0.15, 0.2) is 0 Å². The molecule has 0 atom stereocenters. The first-order valence-electron chi connectivity index (χ1n) is 6.83. The molecule has 2 aromatic rings. The minimum absolute atomic E-state index is 0.00399. The molecule has 0 aliphatic carbocycles. The van der Waals surface area contributed by atoms with Crippen molar-refractivity contribution in [2.45, 2.75) is 18.2 Å². The third kappa shape index (κ3) is 4.78. The molecule has 0 spiro atoms. The van der Waals surface area contributed by atoms with Crippen LogP contribution in [-0.4, -0.2) is 30.7 Å². The molecule has 0 bridgehead atoms. The molecular formula is C14H17ClN4O3S. The van der Waals surface area contributed by atoms with Gasteiger partial charge in [-0.15, -0.1) is 0 Å². The Balaban J connectivity index is 1.89. The molecule has 2 N–H and O–H groups in total. The predicted octanol–water partition coefficient (Wildman–Crippen LogP) is 1.69. The van der Waals surface area contributed by atoms with Crippen LogP contribution in [0.3, 0.4) is 0 Å². The molecule has 0 unspecified atom stereocenters. The maximum Gasteiger partial charge on any atom is 0.240 e. The highest BCUT2D eigenvalue weighted by Gasteiger charge is 2.15. The number of nitrogens with one attached hydrogen (secondary N) is 2. The van der Waals surface area contributed by atoms with Crippen molar-refractivity contribution in [2.24, 2.45) is 7.05 Å². The summed E-state index contributed by atoms with van der Waals surface area (Å²) in [5, 5.41) is 7.11. The molecule has 7 nitrogen and oxygen atoms in total. The molecule has 23 heavy (non-hydrogen) atoms. The summed E-state index contributed by atoms with van der Waals surface area (Å²) < 4.78 is 28.0. The standard InChI is InChI=1S/C14H17ClN4O3S/c1-10-8-13(19(2)18-10)17-14(20)6-7-16-23(21,22)12-5-3-4-11(15)9-12/h3-5,8-9,16H,6-7H2,1-2H3,(H,17,20). The van der Waals surface area contributed by atoms with E-state index in [0.29, 0.717) is 10.8 Å². The molecule has 0 fully saturated rings. The summed E-state index contributed by atoms with van der Waals surface area (Å²) in [7, 11) is -1.97. The van der Waals surface area contributed by atoms with E-state index in [2.05, 4.69) is 15.1 Å². The van der Waals surface area contributed by atoms with E-state index in [1.165, 1.54) is 12.1 Å². The maximum absolute atomic E-state index is 12.1. The Morgan fingerprint density at radius 2 is 2.09 bits per heavy atom. The highest BCUT2D eigenvalue weighted by Crippen LogP contribution is 2.15. The van der Waals surface area contributed by atoms with Gasteiger partial charge < -0.3 is 5.32 Å². The van der Waals surface area contributed by atoms with E-state index in [-0.39, 0.29) is 23.8 Å². The van der Waals surface area contributed by atoms with Crippen molar-refractivity contribution in [1.29, 1.82) is 0 Å². The van der Waals surface area contributed by atoms with Crippen LogP contribution in [0.2, 0.25) is 5.02 Å². The largest absolute Gasteiger partial charge is 0.311 e. The molecular weight excluding hydrogens is 340 g/mol. The van der Waals surface area contributed by atoms with Gasteiger partial charge >= 0.3 is 0 Å². The predicted molar refractivity (Wildman–Crippen MR) is 87.8 cm³/mol. The molecule has 0 radical (unpaired) electrons. The minimum atomic E-state index is -3.69. The van der Waals surface area contributed by atoms with Crippen molar-refractivity contribution in [3.63, 3.8) is 0 Å². The second kappa shape index (κ2) is 7.12. The topological polar surface area (TPSA) is 93.1 Å². The smallest absolute Gasteiger partial charge is 0.240 e. The van der Waals surface area contributed by atoms with Crippen LogP contribution >= 0.6 is 11.6 Å². The van der Waals surface area contributed by atoms with Crippen LogP contribution in [0.1, 0.15) is 12.1 Å². The van der Waals surface area contributed by atoms with Crippen LogP contribution < -0.4 is 10.0 Å². The lowest BCUT2D eigenvalue weighted by Crippen LogP contribution is -2.28. The van der Waals surface area contributed by atoms with Gasteiger partial charge in [-0.25, -0.2) is 13.1 Å². The van der Waals surface area contributed by atoms with Crippen LogP contribution in [0.25, 0.3) is 0 Å². The minimum Gasteiger partial charge on any atom is -0.311 e. The summed E-state index contributed by atoms with van der Waals surface area (Å²) in [6.45, 7) is 1.80. The van der Waals surface area contributed by atoms with Gasteiger partial charge in [0.05, 0.1) is 10.6 Å². The number of sulfonamides is 1. The molecule has 1 aromatic heterocycles. The highest BCUT2D eigenvalue weighted by molar-refractivity contribution is 7.89. The first kappa shape index (κ1) is 17.5. The van der Waals surface area contributed by atoms with Crippen molar-refractivity contribution in [2.75, 3.05) is 11.9 Å². The van der Waals surface area contributed by atoms with Crippen molar-refractivity contribution in [3.05, 3.63) is 41.0 Å². The number of benzene rings is 1. The Bertz CT molecular complexity index is 817. The highest BCUT2D eigenvalue weighted by atomic mass is 35.5. The number of amides is 1. The van der Waals surface area contributed by atoms with E-state index in [4.69, 9.17) is 11.6 Å². The van der Waals surface area contributed by atoms with Crippen LogP contribution in [0.5, 0.6) is 0 Å². The zero-order valence-electron chi connectivity index (χ0n) is 12.7. The van der Waals surface area contributed by atoms with Gasteiger partial charge in [-0.05, 0) is 25.1 Å². The van der Waals surface area contributed by atoms with Gasteiger partial charge in [-0.1, -0.05) is 17.7 Å². The zero-order chi connectivity index (χ0) is 17.0. The quantitative estimate of drug-likeness (QED) is 0.823. The van der Waals surface area contributed by atoms with Crippen LogP contribution in [0, 0.1) is 6.92 Å². The summed E-state index contributed by atoms with van der Waals surface area (Å²) in [6, 6.07) is 7.65. The average molecular weight is 357 g/mol. The van der Waals surface area contributed by atoms with Gasteiger partial charge in [0.1, 0.15) is 5.82 Å². The molecule has 0 aliphatic heterocycles. The lowest BCUT2D eigenvalue weighted by Gasteiger charge is -2.08. The Morgan fingerprint density at radius 3 is 2.70 bits per heavy atom. The van der Waals surface area contributed by atoms with E-state index >= 15 is 0 Å². The van der Waals surface area contributed by atoms with E-state index in [1.54, 1.807) is 29.9 Å². The van der Waals surface area contributed by atoms with E-state index in [9.17, 15) is 13.2 Å². The molecule has 124 valence electrons. The van der Waals surface area contributed by atoms with Crippen molar-refractivity contribution < 1.29 is 13.2 Å². The SMILES string of the molecule is Cc1cc(NC(=O)CCNS(=O)(=O)c2cccc(Cl)c2)n(C)n1. The van der Waals surface area contributed by atoms with Crippen LogP contribution in [-0.2, 0) is 21.9 Å². The molecule has 0 aliphatic rings. The Hall–Kier alpha value is -1.90. The number of carbonyl (C=O) groups excluding carboxylic acids is 1. The molecule has 9 heteroatoms. The third-order valence-electron chi connectivity index (χ3n) is 3.02. The molecule has 2 rings (SSSR count). The van der Waals surface area contributed by atoms with E-state index in [1.807, 2.05) is 6.92 Å². The van der Waals surface area contributed by atoms with Crippen LogP contribution in [0.4, 0.5) is 5.82 Å². The van der Waals surface area contributed by atoms with Crippen LogP contribution in [0.15, 0.2) is 35.2 Å². The Labute approximate surface area is 139 Å². The van der Waals surface area contributed by atoms with Gasteiger partial charge in [0, 0.05) is 31.1 Å². The van der Waals surface area contributed by atoms with Gasteiger partial charge in [-0.2, -0.15) is 5.10 Å². The number of aryl methyl sites for hydroxylation is 2. The first-order chi connectivity index (χ1) is 10.8. The van der Waals surface area contributed by atoms with E-state index in [0.717, 1.165) is 5.69 Å². The number of hydrogen-bond donors (Lipinski definition) is 2. The van der Waals surface area contributed by atoms with E-state index < -0.39 is 10.0 Å². The fraction of sp³-hybridized carbons (Fsp3) is 0.286. The molecule has 1 heterocycles. The lowest BCUT2D eigenvalue weighted by atomic mass is 10.4. The summed E-state index contributed by atoms with van der Waals surface area (Å²) >= 11 is 5.78. The molecule has 1 amide bonds. The lowest BCUT2D eigenvalue weighted by molar-refractivity contribution is -0.116. The van der Waals surface area contributed by atoms with Crippen molar-refractivity contribution in [3.8, 4) is 0 Å². The normalized spacial score (nSPS) is 11.4.